The molecule has 4 nitrogen and oxygen atoms in total. The smallest absolute Gasteiger partial charge is 0.191 e. The molecule has 21 heavy (non-hydrogen) atoms. The van der Waals surface area contributed by atoms with Gasteiger partial charge in [-0.1, -0.05) is 24.3 Å². The zero-order chi connectivity index (χ0) is 15.0. The van der Waals surface area contributed by atoms with Gasteiger partial charge in [0, 0.05) is 25.7 Å². The molecule has 1 rings (SSSR count). The molecule has 0 spiro atoms. The second-order valence-electron chi connectivity index (χ2n) is 5.42. The molecule has 118 valence electrons. The SMILES string of the molecule is C=CCNC(=NC)NCc1ccccc1OC(C)(C)C.I. The van der Waals surface area contributed by atoms with Crippen LogP contribution in [-0.4, -0.2) is 25.2 Å². The summed E-state index contributed by atoms with van der Waals surface area (Å²) in [7, 11) is 1.75. The molecule has 0 saturated carbocycles. The molecule has 5 heteroatoms. The quantitative estimate of drug-likeness (QED) is 0.343. The maximum atomic E-state index is 5.96. The molecule has 1 aromatic carbocycles. The summed E-state index contributed by atoms with van der Waals surface area (Å²) in [6.07, 6.45) is 1.80. The van der Waals surface area contributed by atoms with E-state index in [4.69, 9.17) is 4.74 Å². The molecule has 0 saturated heterocycles. The number of nitrogens with zero attached hydrogens (tertiary/aromatic N) is 1. The summed E-state index contributed by atoms with van der Waals surface area (Å²) in [6.45, 7) is 11.1. The van der Waals surface area contributed by atoms with Crippen molar-refractivity contribution in [1.29, 1.82) is 0 Å². The van der Waals surface area contributed by atoms with Crippen molar-refractivity contribution in [2.75, 3.05) is 13.6 Å². The highest BCUT2D eigenvalue weighted by Crippen LogP contribution is 2.22. The number of hydrogen-bond donors (Lipinski definition) is 2. The van der Waals surface area contributed by atoms with E-state index in [2.05, 4.69) is 28.3 Å². The minimum atomic E-state index is -0.209. The van der Waals surface area contributed by atoms with Crippen molar-refractivity contribution in [3.63, 3.8) is 0 Å². The Morgan fingerprint density at radius 3 is 2.52 bits per heavy atom. The van der Waals surface area contributed by atoms with Gasteiger partial charge in [0.25, 0.3) is 0 Å². The van der Waals surface area contributed by atoms with Gasteiger partial charge in [0.1, 0.15) is 11.4 Å². The largest absolute Gasteiger partial charge is 0.488 e. The fourth-order valence-electron chi connectivity index (χ4n) is 1.65. The molecule has 0 atom stereocenters. The third-order valence-electron chi connectivity index (χ3n) is 2.47. The van der Waals surface area contributed by atoms with Crippen LogP contribution in [0.3, 0.4) is 0 Å². The van der Waals surface area contributed by atoms with Crippen molar-refractivity contribution in [2.45, 2.75) is 32.9 Å². The van der Waals surface area contributed by atoms with E-state index in [9.17, 15) is 0 Å². The van der Waals surface area contributed by atoms with E-state index in [1.54, 1.807) is 13.1 Å². The molecule has 0 aliphatic carbocycles. The molecule has 0 unspecified atom stereocenters. The fourth-order valence-corrected chi connectivity index (χ4v) is 1.65. The molecule has 2 N–H and O–H groups in total. The van der Waals surface area contributed by atoms with E-state index < -0.39 is 0 Å². The highest BCUT2D eigenvalue weighted by Gasteiger charge is 2.14. The average molecular weight is 403 g/mol. The van der Waals surface area contributed by atoms with Crippen LogP contribution in [0.4, 0.5) is 0 Å². The van der Waals surface area contributed by atoms with Gasteiger partial charge in [-0.2, -0.15) is 0 Å². The Morgan fingerprint density at radius 2 is 1.95 bits per heavy atom. The van der Waals surface area contributed by atoms with E-state index >= 15 is 0 Å². The van der Waals surface area contributed by atoms with E-state index in [0.717, 1.165) is 17.3 Å². The van der Waals surface area contributed by atoms with Gasteiger partial charge in [0.05, 0.1) is 0 Å². The minimum Gasteiger partial charge on any atom is -0.488 e. The topological polar surface area (TPSA) is 45.7 Å². The Labute approximate surface area is 145 Å². The third kappa shape index (κ3) is 7.94. The normalized spacial score (nSPS) is 11.3. The van der Waals surface area contributed by atoms with Gasteiger partial charge in [-0.15, -0.1) is 30.6 Å². The van der Waals surface area contributed by atoms with E-state index in [1.165, 1.54) is 0 Å². The van der Waals surface area contributed by atoms with Crippen molar-refractivity contribution >= 4 is 29.9 Å². The van der Waals surface area contributed by atoms with Crippen LogP contribution in [0.25, 0.3) is 0 Å². The van der Waals surface area contributed by atoms with E-state index in [1.807, 2.05) is 39.0 Å². The standard InChI is InChI=1S/C16H25N3O.HI/c1-6-11-18-15(17-5)19-12-13-9-7-8-10-14(13)20-16(2,3)4;/h6-10H,1,11-12H2,2-5H3,(H2,17,18,19);1H. The van der Waals surface area contributed by atoms with Crippen LogP contribution in [-0.2, 0) is 6.54 Å². The molecule has 0 aliphatic rings. The van der Waals surface area contributed by atoms with Crippen LogP contribution < -0.4 is 15.4 Å². The zero-order valence-electron chi connectivity index (χ0n) is 13.3. The number of aliphatic imine (C=N–C) groups is 1. The number of hydrogen-bond acceptors (Lipinski definition) is 2. The number of halogens is 1. The molecule has 0 bridgehead atoms. The lowest BCUT2D eigenvalue weighted by Crippen LogP contribution is -2.37. The van der Waals surface area contributed by atoms with Gasteiger partial charge in [-0.25, -0.2) is 0 Å². The Balaban J connectivity index is 0.00000400. The monoisotopic (exact) mass is 403 g/mol. The Kier molecular flexibility index (Phi) is 9.08. The van der Waals surface area contributed by atoms with Crippen LogP contribution >= 0.6 is 24.0 Å². The molecule has 0 amide bonds. The Hall–Kier alpha value is -1.24. The Bertz CT molecular complexity index is 467. The van der Waals surface area contributed by atoms with Crippen LogP contribution in [0.1, 0.15) is 26.3 Å². The van der Waals surface area contributed by atoms with E-state index in [-0.39, 0.29) is 29.6 Å². The Morgan fingerprint density at radius 1 is 1.29 bits per heavy atom. The summed E-state index contributed by atoms with van der Waals surface area (Å²) in [6, 6.07) is 8.03. The molecular formula is C16H26IN3O. The molecule has 0 fully saturated rings. The number of benzene rings is 1. The predicted molar refractivity (Wildman–Crippen MR) is 101 cm³/mol. The second kappa shape index (κ2) is 9.65. The van der Waals surface area contributed by atoms with Gasteiger partial charge < -0.3 is 15.4 Å². The number of guanidine groups is 1. The lowest BCUT2D eigenvalue weighted by molar-refractivity contribution is 0.129. The van der Waals surface area contributed by atoms with Crippen LogP contribution in [0.15, 0.2) is 41.9 Å². The molecule has 0 aromatic heterocycles. The highest BCUT2D eigenvalue weighted by atomic mass is 127. The van der Waals surface area contributed by atoms with Crippen molar-refractivity contribution < 1.29 is 4.74 Å². The number of nitrogens with one attached hydrogen (secondary N) is 2. The minimum absolute atomic E-state index is 0. The first-order valence-corrected chi connectivity index (χ1v) is 6.78. The summed E-state index contributed by atoms with van der Waals surface area (Å²) < 4.78 is 5.96. The summed E-state index contributed by atoms with van der Waals surface area (Å²) in [4.78, 5) is 4.15. The highest BCUT2D eigenvalue weighted by molar-refractivity contribution is 14.0. The summed E-state index contributed by atoms with van der Waals surface area (Å²) in [5.41, 5.74) is 0.891. The lowest BCUT2D eigenvalue weighted by Gasteiger charge is -2.23. The summed E-state index contributed by atoms with van der Waals surface area (Å²) >= 11 is 0. The summed E-state index contributed by atoms with van der Waals surface area (Å²) in [5.74, 6) is 1.64. The number of rotatable bonds is 5. The lowest BCUT2D eigenvalue weighted by atomic mass is 10.1. The molecular weight excluding hydrogens is 377 g/mol. The first-order chi connectivity index (χ1) is 9.46. The second-order valence-corrected chi connectivity index (χ2v) is 5.42. The zero-order valence-corrected chi connectivity index (χ0v) is 15.6. The maximum absolute atomic E-state index is 5.96. The molecule has 1 aromatic rings. The van der Waals surface area contributed by atoms with Gasteiger partial charge >= 0.3 is 0 Å². The fraction of sp³-hybridized carbons (Fsp3) is 0.438. The van der Waals surface area contributed by atoms with Crippen molar-refractivity contribution in [3.05, 3.63) is 42.5 Å². The summed E-state index contributed by atoms with van der Waals surface area (Å²) in [5, 5.41) is 6.39. The van der Waals surface area contributed by atoms with Crippen LogP contribution in [0, 0.1) is 0 Å². The van der Waals surface area contributed by atoms with Crippen molar-refractivity contribution in [1.82, 2.24) is 10.6 Å². The maximum Gasteiger partial charge on any atom is 0.191 e. The van der Waals surface area contributed by atoms with Gasteiger partial charge in [-0.3, -0.25) is 4.99 Å². The third-order valence-corrected chi connectivity index (χ3v) is 2.47. The van der Waals surface area contributed by atoms with Crippen LogP contribution in [0.2, 0.25) is 0 Å². The number of para-hydroxylation sites is 1. The van der Waals surface area contributed by atoms with Gasteiger partial charge in [-0.05, 0) is 26.8 Å². The molecule has 0 aliphatic heterocycles. The predicted octanol–water partition coefficient (Wildman–Crippen LogP) is 3.33. The number of ether oxygens (including phenoxy) is 1. The van der Waals surface area contributed by atoms with Crippen molar-refractivity contribution in [2.24, 2.45) is 4.99 Å². The first kappa shape index (κ1) is 19.8. The van der Waals surface area contributed by atoms with Gasteiger partial charge in [0.15, 0.2) is 5.96 Å². The first-order valence-electron chi connectivity index (χ1n) is 6.78. The molecule has 0 heterocycles. The van der Waals surface area contributed by atoms with Crippen molar-refractivity contribution in [3.8, 4) is 5.75 Å². The van der Waals surface area contributed by atoms with Gasteiger partial charge in [0.2, 0.25) is 0 Å². The van der Waals surface area contributed by atoms with E-state index in [0.29, 0.717) is 13.1 Å². The van der Waals surface area contributed by atoms with Crippen LogP contribution in [0.5, 0.6) is 5.75 Å². The average Bonchev–Trinajstić information content (AvgIpc) is 2.39. The molecule has 0 radical (unpaired) electrons.